The summed E-state index contributed by atoms with van der Waals surface area (Å²) in [5.74, 6) is 0. The van der Waals surface area contributed by atoms with E-state index in [9.17, 15) is 5.21 Å². The zero-order valence-electron chi connectivity index (χ0n) is 12.5. The summed E-state index contributed by atoms with van der Waals surface area (Å²) >= 11 is 0. The largest absolute Gasteiger partial charge is 0.633 e. The zero-order chi connectivity index (χ0) is 14.7. The third-order valence-electron chi connectivity index (χ3n) is 4.32. The summed E-state index contributed by atoms with van der Waals surface area (Å²) in [6.07, 6.45) is 0. The van der Waals surface area contributed by atoms with Gasteiger partial charge in [0.2, 0.25) is 0 Å². The van der Waals surface area contributed by atoms with E-state index in [0.29, 0.717) is 13.1 Å². The van der Waals surface area contributed by atoms with E-state index in [1.165, 1.54) is 11.1 Å². The fourth-order valence-electron chi connectivity index (χ4n) is 3.05. The molecule has 1 saturated heterocycles. The van der Waals surface area contributed by atoms with Crippen LogP contribution in [-0.4, -0.2) is 42.8 Å². The van der Waals surface area contributed by atoms with E-state index >= 15 is 0 Å². The van der Waals surface area contributed by atoms with E-state index in [4.69, 9.17) is 0 Å². The summed E-state index contributed by atoms with van der Waals surface area (Å²) in [7, 11) is 1.78. The van der Waals surface area contributed by atoms with Crippen LogP contribution in [-0.2, 0) is 0 Å². The van der Waals surface area contributed by atoms with Gasteiger partial charge in [0, 0.05) is 13.1 Å². The molecule has 0 atom stereocenters. The Labute approximate surface area is 126 Å². The van der Waals surface area contributed by atoms with Gasteiger partial charge in [0.15, 0.2) is 0 Å². The highest BCUT2D eigenvalue weighted by Gasteiger charge is 2.28. The van der Waals surface area contributed by atoms with E-state index < -0.39 is 0 Å². The highest BCUT2D eigenvalue weighted by molar-refractivity contribution is 5.31. The molecule has 0 N–H and O–H groups in total. The Balaban J connectivity index is 1.91. The monoisotopic (exact) mass is 282 g/mol. The van der Waals surface area contributed by atoms with Gasteiger partial charge in [-0.15, -0.1) is 0 Å². The summed E-state index contributed by atoms with van der Waals surface area (Å²) in [6, 6.07) is 21.4. The Morgan fingerprint density at radius 3 is 1.71 bits per heavy atom. The molecule has 0 bridgehead atoms. The van der Waals surface area contributed by atoms with Gasteiger partial charge in [0.05, 0.1) is 26.2 Å². The number of nitrogens with zero attached hydrogens (tertiary/aromatic N) is 2. The number of benzene rings is 2. The van der Waals surface area contributed by atoms with Gasteiger partial charge in [-0.3, -0.25) is 4.90 Å². The molecule has 1 aliphatic heterocycles. The first kappa shape index (κ1) is 14.3. The fraction of sp³-hybridized carbons (Fsp3) is 0.333. The zero-order valence-corrected chi connectivity index (χ0v) is 12.5. The molecule has 2 aromatic rings. The molecule has 1 heterocycles. The maximum atomic E-state index is 12.1. The molecule has 3 nitrogen and oxygen atoms in total. The molecule has 0 unspecified atom stereocenters. The second-order valence-electron chi connectivity index (χ2n) is 6.00. The predicted octanol–water partition coefficient (Wildman–Crippen LogP) is 3.04. The molecule has 0 saturated carbocycles. The Bertz CT molecular complexity index is 519. The average molecular weight is 282 g/mol. The van der Waals surface area contributed by atoms with Crippen LogP contribution in [0.5, 0.6) is 0 Å². The van der Waals surface area contributed by atoms with Crippen LogP contribution in [0.15, 0.2) is 60.7 Å². The second-order valence-corrected chi connectivity index (χ2v) is 6.00. The molecule has 2 aromatic carbocycles. The van der Waals surface area contributed by atoms with Crippen LogP contribution in [0, 0.1) is 5.21 Å². The smallest absolute Gasteiger partial charge is 0.0911 e. The first-order chi connectivity index (χ1) is 10.2. The average Bonchev–Trinajstić information content (AvgIpc) is 2.51. The number of rotatable bonds is 3. The maximum absolute atomic E-state index is 12.1. The van der Waals surface area contributed by atoms with Crippen molar-refractivity contribution in [2.75, 3.05) is 33.2 Å². The molecule has 0 spiro atoms. The summed E-state index contributed by atoms with van der Waals surface area (Å²) in [4.78, 5) is 2.43. The van der Waals surface area contributed by atoms with Gasteiger partial charge in [0.25, 0.3) is 0 Å². The van der Waals surface area contributed by atoms with Gasteiger partial charge in [-0.1, -0.05) is 60.7 Å². The third-order valence-corrected chi connectivity index (χ3v) is 4.32. The van der Waals surface area contributed by atoms with Gasteiger partial charge in [0.1, 0.15) is 0 Å². The fourth-order valence-corrected chi connectivity index (χ4v) is 3.05. The molecule has 0 radical (unpaired) electrons. The van der Waals surface area contributed by atoms with Crippen molar-refractivity contribution in [3.05, 3.63) is 77.0 Å². The van der Waals surface area contributed by atoms with E-state index in [-0.39, 0.29) is 10.7 Å². The highest BCUT2D eigenvalue weighted by atomic mass is 16.5. The topological polar surface area (TPSA) is 26.3 Å². The molecule has 0 aliphatic carbocycles. The molecule has 0 aromatic heterocycles. The van der Waals surface area contributed by atoms with Crippen LogP contribution in [0.1, 0.15) is 17.2 Å². The lowest BCUT2D eigenvalue weighted by molar-refractivity contribution is -0.865. The number of hydrogen-bond donors (Lipinski definition) is 0. The van der Waals surface area contributed by atoms with E-state index in [2.05, 4.69) is 53.4 Å². The van der Waals surface area contributed by atoms with E-state index in [1.54, 1.807) is 7.05 Å². The Kier molecular flexibility index (Phi) is 4.06. The van der Waals surface area contributed by atoms with Crippen LogP contribution in [0.25, 0.3) is 0 Å². The molecule has 1 aliphatic rings. The standard InChI is InChI=1S/C18H22N2O/c1-20(21)14-12-19(13-15-20)18(16-8-4-2-5-9-16)17-10-6-3-7-11-17/h2-11,18H,12-15H2,1H3. The van der Waals surface area contributed by atoms with Crippen LogP contribution in [0.3, 0.4) is 0 Å². The Hall–Kier alpha value is -1.68. The molecular weight excluding hydrogens is 260 g/mol. The minimum absolute atomic E-state index is 0.118. The van der Waals surface area contributed by atoms with Crippen LogP contribution >= 0.6 is 0 Å². The van der Waals surface area contributed by atoms with Crippen molar-refractivity contribution in [3.63, 3.8) is 0 Å². The van der Waals surface area contributed by atoms with Gasteiger partial charge in [-0.05, 0) is 11.1 Å². The summed E-state index contributed by atoms with van der Waals surface area (Å²) in [5.41, 5.74) is 2.59. The predicted molar refractivity (Wildman–Crippen MR) is 85.6 cm³/mol. The molecule has 1 fully saturated rings. The minimum atomic E-state index is -0.118. The van der Waals surface area contributed by atoms with Crippen molar-refractivity contribution in [2.45, 2.75) is 6.04 Å². The highest BCUT2D eigenvalue weighted by Crippen LogP contribution is 2.29. The summed E-state index contributed by atoms with van der Waals surface area (Å²) in [6.45, 7) is 3.01. The van der Waals surface area contributed by atoms with Crippen molar-refractivity contribution < 1.29 is 4.65 Å². The Morgan fingerprint density at radius 2 is 1.29 bits per heavy atom. The number of hydrogen-bond acceptors (Lipinski definition) is 2. The third kappa shape index (κ3) is 3.32. The van der Waals surface area contributed by atoms with Crippen LogP contribution in [0.2, 0.25) is 0 Å². The van der Waals surface area contributed by atoms with Crippen LogP contribution < -0.4 is 0 Å². The number of quaternary nitrogens is 1. The van der Waals surface area contributed by atoms with Gasteiger partial charge >= 0.3 is 0 Å². The lowest BCUT2D eigenvalue weighted by atomic mass is 9.96. The van der Waals surface area contributed by atoms with E-state index in [1.807, 2.05) is 12.1 Å². The first-order valence-corrected chi connectivity index (χ1v) is 7.55. The molecule has 3 heteroatoms. The van der Waals surface area contributed by atoms with Crippen molar-refractivity contribution >= 4 is 0 Å². The molecule has 3 rings (SSSR count). The Morgan fingerprint density at radius 1 is 0.857 bits per heavy atom. The minimum Gasteiger partial charge on any atom is -0.633 e. The first-order valence-electron chi connectivity index (χ1n) is 7.55. The SMILES string of the molecule is C[N+]1([O-])CCN(C(c2ccccc2)c2ccccc2)CC1. The van der Waals surface area contributed by atoms with Gasteiger partial charge < -0.3 is 9.85 Å². The van der Waals surface area contributed by atoms with Crippen LogP contribution in [0.4, 0.5) is 0 Å². The van der Waals surface area contributed by atoms with E-state index in [0.717, 1.165) is 13.1 Å². The molecule has 0 amide bonds. The van der Waals surface area contributed by atoms with Gasteiger partial charge in [-0.2, -0.15) is 0 Å². The summed E-state index contributed by atoms with van der Waals surface area (Å²) < 4.78 is -0.118. The molecule has 110 valence electrons. The normalized spacial score (nSPS) is 18.8. The van der Waals surface area contributed by atoms with Crippen molar-refractivity contribution in [3.8, 4) is 0 Å². The van der Waals surface area contributed by atoms with Gasteiger partial charge in [-0.25, -0.2) is 0 Å². The molecule has 21 heavy (non-hydrogen) atoms. The lowest BCUT2D eigenvalue weighted by Gasteiger charge is -2.47. The van der Waals surface area contributed by atoms with Crippen molar-refractivity contribution in [2.24, 2.45) is 0 Å². The quantitative estimate of drug-likeness (QED) is 0.639. The second kappa shape index (κ2) is 5.98. The number of piperazine rings is 1. The molecular formula is C18H22N2O. The maximum Gasteiger partial charge on any atom is 0.0911 e. The number of likely N-dealkylation sites (N-methyl/N-ethyl adjacent to an activating group) is 1. The number of hydroxylamine groups is 3. The summed E-state index contributed by atoms with van der Waals surface area (Å²) in [5, 5.41) is 12.1. The lowest BCUT2D eigenvalue weighted by Crippen LogP contribution is -2.54. The van der Waals surface area contributed by atoms with Crippen molar-refractivity contribution in [1.29, 1.82) is 0 Å². The van der Waals surface area contributed by atoms with Crippen molar-refractivity contribution in [1.82, 2.24) is 4.90 Å².